The topological polar surface area (TPSA) is 66.0 Å². The van der Waals surface area contributed by atoms with E-state index in [2.05, 4.69) is 5.32 Å². The van der Waals surface area contributed by atoms with Crippen molar-refractivity contribution >= 4 is 5.97 Å². The molecule has 0 saturated heterocycles. The van der Waals surface area contributed by atoms with Gasteiger partial charge in [-0.15, -0.1) is 0 Å². The summed E-state index contributed by atoms with van der Waals surface area (Å²) in [7, 11) is 4.61. The first-order valence-electron chi connectivity index (χ1n) is 8.86. The van der Waals surface area contributed by atoms with E-state index in [1.807, 2.05) is 42.5 Å². The number of benzene rings is 2. The summed E-state index contributed by atoms with van der Waals surface area (Å²) in [4.78, 5) is 12.1. The third-order valence-electron chi connectivity index (χ3n) is 4.73. The molecule has 2 aromatic carbocycles. The molecular weight excluding hydrogens is 346 g/mol. The summed E-state index contributed by atoms with van der Waals surface area (Å²) in [6.45, 7) is 0.926. The van der Waals surface area contributed by atoms with Crippen molar-refractivity contribution in [1.29, 1.82) is 0 Å². The molecule has 1 heterocycles. The first kappa shape index (κ1) is 19.2. The summed E-state index contributed by atoms with van der Waals surface area (Å²) < 4.78 is 21.7. The van der Waals surface area contributed by atoms with Crippen molar-refractivity contribution in [3.63, 3.8) is 0 Å². The molecule has 0 aromatic heterocycles. The van der Waals surface area contributed by atoms with E-state index in [9.17, 15) is 4.79 Å². The minimum atomic E-state index is -0.425. The molecule has 1 aliphatic heterocycles. The Morgan fingerprint density at radius 3 is 2.44 bits per heavy atom. The second-order valence-electron chi connectivity index (χ2n) is 6.41. The van der Waals surface area contributed by atoms with Gasteiger partial charge in [-0.05, 0) is 35.2 Å². The highest BCUT2D eigenvalue weighted by Crippen LogP contribution is 2.36. The smallest absolute Gasteiger partial charge is 0.323 e. The molecule has 2 aromatic rings. The number of esters is 1. The lowest BCUT2D eigenvalue weighted by Gasteiger charge is -2.32. The maximum Gasteiger partial charge on any atom is 0.323 e. The fraction of sp³-hybridized carbons (Fsp3) is 0.381. The van der Waals surface area contributed by atoms with E-state index in [4.69, 9.17) is 18.9 Å². The molecule has 2 unspecified atom stereocenters. The van der Waals surface area contributed by atoms with Crippen LogP contribution >= 0.6 is 0 Å². The third-order valence-corrected chi connectivity index (χ3v) is 4.73. The van der Waals surface area contributed by atoms with Gasteiger partial charge in [0.15, 0.2) is 11.5 Å². The zero-order valence-electron chi connectivity index (χ0n) is 15.9. The van der Waals surface area contributed by atoms with Crippen LogP contribution in [0, 0.1) is 0 Å². The normalized spacial score (nSPS) is 18.5. The maximum absolute atomic E-state index is 12.1. The molecule has 0 saturated carbocycles. The second kappa shape index (κ2) is 8.88. The highest BCUT2D eigenvalue weighted by Gasteiger charge is 2.32. The average Bonchev–Trinajstić information content (AvgIpc) is 2.72. The molecule has 0 fully saturated rings. The first-order valence-corrected chi connectivity index (χ1v) is 8.86. The number of nitrogens with one attached hydrogen (secondary N) is 1. The molecule has 0 radical (unpaired) electrons. The van der Waals surface area contributed by atoms with Crippen molar-refractivity contribution in [2.45, 2.75) is 25.1 Å². The number of ether oxygens (including phenoxy) is 4. The highest BCUT2D eigenvalue weighted by atomic mass is 16.5. The quantitative estimate of drug-likeness (QED) is 0.755. The van der Waals surface area contributed by atoms with E-state index < -0.39 is 6.04 Å². The molecule has 144 valence electrons. The minimum Gasteiger partial charge on any atom is -0.493 e. The fourth-order valence-corrected chi connectivity index (χ4v) is 3.35. The zero-order chi connectivity index (χ0) is 19.2. The Labute approximate surface area is 159 Å². The van der Waals surface area contributed by atoms with Crippen LogP contribution in [0.15, 0.2) is 42.5 Å². The van der Waals surface area contributed by atoms with Gasteiger partial charge in [0.1, 0.15) is 6.04 Å². The van der Waals surface area contributed by atoms with Crippen LogP contribution in [0.5, 0.6) is 11.5 Å². The van der Waals surface area contributed by atoms with Crippen LogP contribution in [0.25, 0.3) is 0 Å². The molecule has 1 aliphatic rings. The Balaban J connectivity index is 1.82. The van der Waals surface area contributed by atoms with Crippen LogP contribution in [-0.2, 0) is 27.3 Å². The average molecular weight is 371 g/mol. The van der Waals surface area contributed by atoms with Crippen molar-refractivity contribution in [3.05, 3.63) is 59.2 Å². The molecule has 27 heavy (non-hydrogen) atoms. The van der Waals surface area contributed by atoms with Gasteiger partial charge in [0.25, 0.3) is 0 Å². The van der Waals surface area contributed by atoms with E-state index in [0.717, 1.165) is 16.7 Å². The van der Waals surface area contributed by atoms with Gasteiger partial charge in [0.2, 0.25) is 0 Å². The van der Waals surface area contributed by atoms with E-state index >= 15 is 0 Å². The van der Waals surface area contributed by atoms with Crippen LogP contribution in [0.3, 0.4) is 0 Å². The summed E-state index contributed by atoms with van der Waals surface area (Å²) >= 11 is 0. The second-order valence-corrected chi connectivity index (χ2v) is 6.41. The fourth-order valence-electron chi connectivity index (χ4n) is 3.35. The van der Waals surface area contributed by atoms with Crippen molar-refractivity contribution < 1.29 is 23.7 Å². The van der Waals surface area contributed by atoms with Gasteiger partial charge in [-0.1, -0.05) is 30.3 Å². The molecule has 6 heteroatoms. The van der Waals surface area contributed by atoms with Gasteiger partial charge in [0, 0.05) is 0 Å². The molecular formula is C21H25NO5. The van der Waals surface area contributed by atoms with Crippen molar-refractivity contribution in [2.24, 2.45) is 0 Å². The number of carbonyl (C=O) groups excluding carboxylic acids is 1. The molecule has 3 rings (SSSR count). The Morgan fingerprint density at radius 2 is 1.78 bits per heavy atom. The number of methoxy groups -OCH3 is 3. The van der Waals surface area contributed by atoms with E-state index in [-0.39, 0.29) is 12.0 Å². The summed E-state index contributed by atoms with van der Waals surface area (Å²) in [6, 6.07) is 13.3. The Bertz CT molecular complexity index is 778. The Kier molecular flexibility index (Phi) is 6.32. The number of rotatable bonds is 7. The zero-order valence-corrected chi connectivity index (χ0v) is 15.9. The van der Waals surface area contributed by atoms with Crippen molar-refractivity contribution in [3.8, 4) is 11.5 Å². The lowest BCUT2D eigenvalue weighted by atomic mass is 9.89. The van der Waals surface area contributed by atoms with E-state index in [0.29, 0.717) is 31.1 Å². The van der Waals surface area contributed by atoms with Gasteiger partial charge >= 0.3 is 5.97 Å². The van der Waals surface area contributed by atoms with Crippen LogP contribution in [0.4, 0.5) is 0 Å². The Morgan fingerprint density at radius 1 is 1.07 bits per heavy atom. The van der Waals surface area contributed by atoms with E-state index in [1.165, 1.54) is 7.11 Å². The van der Waals surface area contributed by atoms with E-state index in [1.54, 1.807) is 14.2 Å². The van der Waals surface area contributed by atoms with Crippen LogP contribution < -0.4 is 14.8 Å². The van der Waals surface area contributed by atoms with Crippen LogP contribution in [0.1, 0.15) is 22.7 Å². The number of hydrogen-bond acceptors (Lipinski definition) is 6. The highest BCUT2D eigenvalue weighted by molar-refractivity contribution is 5.77. The molecule has 1 N–H and O–H groups in total. The summed E-state index contributed by atoms with van der Waals surface area (Å²) in [5, 5.41) is 3.34. The largest absolute Gasteiger partial charge is 0.493 e. The SMILES string of the molecule is COC(=O)C1Cc2cc(OC)c(OC)cc2C(COCc2ccccc2)N1. The predicted molar refractivity (Wildman–Crippen MR) is 101 cm³/mol. The lowest BCUT2D eigenvalue weighted by molar-refractivity contribution is -0.143. The van der Waals surface area contributed by atoms with Crippen LogP contribution in [-0.4, -0.2) is 39.9 Å². The van der Waals surface area contributed by atoms with Crippen LogP contribution in [0.2, 0.25) is 0 Å². The summed E-state index contributed by atoms with van der Waals surface area (Å²) in [5.74, 6) is 1.01. The van der Waals surface area contributed by atoms with Gasteiger partial charge < -0.3 is 18.9 Å². The minimum absolute atomic E-state index is 0.152. The lowest BCUT2D eigenvalue weighted by Crippen LogP contribution is -2.46. The first-order chi connectivity index (χ1) is 13.2. The maximum atomic E-state index is 12.1. The van der Waals surface area contributed by atoms with Gasteiger partial charge in [-0.3, -0.25) is 10.1 Å². The molecule has 0 aliphatic carbocycles. The molecule has 2 atom stereocenters. The number of carbonyl (C=O) groups is 1. The third kappa shape index (κ3) is 4.40. The van der Waals surface area contributed by atoms with Gasteiger partial charge in [-0.2, -0.15) is 0 Å². The molecule has 0 amide bonds. The van der Waals surface area contributed by atoms with Gasteiger partial charge in [0.05, 0.1) is 40.6 Å². The summed E-state index contributed by atoms with van der Waals surface area (Å²) in [6.07, 6.45) is 0.525. The molecule has 0 spiro atoms. The number of fused-ring (bicyclic) bond motifs is 1. The van der Waals surface area contributed by atoms with Crippen molar-refractivity contribution in [1.82, 2.24) is 5.32 Å². The molecule has 0 bridgehead atoms. The summed E-state index contributed by atoms with van der Waals surface area (Å²) in [5.41, 5.74) is 3.17. The number of hydrogen-bond donors (Lipinski definition) is 1. The van der Waals surface area contributed by atoms with Crippen molar-refractivity contribution in [2.75, 3.05) is 27.9 Å². The monoisotopic (exact) mass is 371 g/mol. The molecule has 6 nitrogen and oxygen atoms in total. The predicted octanol–water partition coefficient (Wildman–Crippen LogP) is 2.65. The standard InChI is InChI=1S/C21H25NO5/c1-24-19-10-15-9-17(21(23)26-3)22-18(16(15)11-20(19)25-2)13-27-12-14-7-5-4-6-8-14/h4-8,10-11,17-18,22H,9,12-13H2,1-3H3. The Hall–Kier alpha value is -2.57. The van der Waals surface area contributed by atoms with Gasteiger partial charge in [-0.25, -0.2) is 0 Å².